The normalized spacial score (nSPS) is 18.6. The second-order valence-electron chi connectivity index (χ2n) is 5.55. The van der Waals surface area contributed by atoms with Crippen molar-refractivity contribution in [2.24, 2.45) is 5.92 Å². The molecule has 1 unspecified atom stereocenters. The molecule has 1 heterocycles. The predicted octanol–water partition coefficient (Wildman–Crippen LogP) is 1.18. The van der Waals surface area contributed by atoms with Crippen LogP contribution in [0.2, 0.25) is 0 Å². The van der Waals surface area contributed by atoms with E-state index in [0.29, 0.717) is 32.0 Å². The molecule has 0 aliphatic carbocycles. The molecule has 0 saturated carbocycles. The first-order chi connectivity index (χ1) is 8.99. The van der Waals surface area contributed by atoms with Gasteiger partial charge in [0.2, 0.25) is 11.8 Å². The third-order valence-corrected chi connectivity index (χ3v) is 3.21. The number of ether oxygens (including phenoxy) is 1. The van der Waals surface area contributed by atoms with Gasteiger partial charge in [-0.05, 0) is 18.8 Å². The maximum atomic E-state index is 11.6. The lowest BCUT2D eigenvalue weighted by Crippen LogP contribution is -2.39. The van der Waals surface area contributed by atoms with Gasteiger partial charge in [0.25, 0.3) is 0 Å². The molecule has 1 aliphatic heterocycles. The summed E-state index contributed by atoms with van der Waals surface area (Å²) < 4.78 is 5.52. The molecule has 5 nitrogen and oxygen atoms in total. The van der Waals surface area contributed by atoms with Crippen LogP contribution in [0.5, 0.6) is 0 Å². The van der Waals surface area contributed by atoms with Crippen molar-refractivity contribution >= 4 is 11.8 Å². The molecule has 0 radical (unpaired) electrons. The van der Waals surface area contributed by atoms with Gasteiger partial charge in [-0.1, -0.05) is 13.8 Å². The minimum atomic E-state index is 0.00663. The minimum absolute atomic E-state index is 0.00663. The van der Waals surface area contributed by atoms with Crippen molar-refractivity contribution in [1.29, 1.82) is 0 Å². The fourth-order valence-electron chi connectivity index (χ4n) is 2.05. The molecular weight excluding hydrogens is 244 g/mol. The highest BCUT2D eigenvalue weighted by Crippen LogP contribution is 2.13. The van der Waals surface area contributed by atoms with Crippen molar-refractivity contribution in [3.05, 3.63) is 0 Å². The number of carbonyl (C=O) groups excluding carboxylic acids is 2. The molecule has 5 heteroatoms. The van der Waals surface area contributed by atoms with Gasteiger partial charge in [-0.2, -0.15) is 0 Å². The Bertz CT molecular complexity index is 299. The van der Waals surface area contributed by atoms with Gasteiger partial charge in [0.05, 0.1) is 6.10 Å². The quantitative estimate of drug-likeness (QED) is 0.755. The molecule has 1 rings (SSSR count). The second kappa shape index (κ2) is 8.15. The van der Waals surface area contributed by atoms with Crippen molar-refractivity contribution in [1.82, 2.24) is 10.2 Å². The molecule has 0 aromatic heterocycles. The Hall–Kier alpha value is -1.10. The highest BCUT2D eigenvalue weighted by atomic mass is 16.5. The molecular formula is C14H26N2O3. The molecule has 19 heavy (non-hydrogen) atoms. The van der Waals surface area contributed by atoms with Gasteiger partial charge < -0.3 is 15.0 Å². The van der Waals surface area contributed by atoms with E-state index in [1.54, 1.807) is 11.8 Å². The smallest absolute Gasteiger partial charge is 0.221 e. The van der Waals surface area contributed by atoms with Crippen LogP contribution in [0.15, 0.2) is 0 Å². The lowest BCUT2D eigenvalue weighted by Gasteiger charge is -2.24. The van der Waals surface area contributed by atoms with Gasteiger partial charge >= 0.3 is 0 Å². The van der Waals surface area contributed by atoms with Crippen LogP contribution >= 0.6 is 0 Å². The maximum absolute atomic E-state index is 11.6. The molecule has 1 aliphatic rings. The summed E-state index contributed by atoms with van der Waals surface area (Å²) in [6, 6.07) is 0. The predicted molar refractivity (Wildman–Crippen MR) is 73.7 cm³/mol. The summed E-state index contributed by atoms with van der Waals surface area (Å²) in [6.07, 6.45) is 2.57. The van der Waals surface area contributed by atoms with E-state index in [2.05, 4.69) is 19.2 Å². The zero-order valence-electron chi connectivity index (χ0n) is 12.3. The number of nitrogens with zero attached hydrogens (tertiary/aromatic N) is 1. The van der Waals surface area contributed by atoms with Gasteiger partial charge in [-0.25, -0.2) is 0 Å². The van der Waals surface area contributed by atoms with Crippen LogP contribution in [0.1, 0.15) is 40.0 Å². The number of amides is 2. The fraction of sp³-hybridized carbons (Fsp3) is 0.857. The lowest BCUT2D eigenvalue weighted by molar-refractivity contribution is -0.131. The molecule has 0 spiro atoms. The van der Waals surface area contributed by atoms with Crippen molar-refractivity contribution in [2.75, 3.05) is 26.2 Å². The summed E-state index contributed by atoms with van der Waals surface area (Å²) in [7, 11) is 0. The first-order valence-corrected chi connectivity index (χ1v) is 7.13. The Labute approximate surface area is 115 Å². The molecule has 110 valence electrons. The number of hydrogen-bond donors (Lipinski definition) is 1. The van der Waals surface area contributed by atoms with Gasteiger partial charge in [0.15, 0.2) is 0 Å². The van der Waals surface area contributed by atoms with Crippen LogP contribution in [-0.4, -0.2) is 49.1 Å². The van der Waals surface area contributed by atoms with Gasteiger partial charge in [-0.15, -0.1) is 0 Å². The Morgan fingerprint density at radius 3 is 2.68 bits per heavy atom. The average molecular weight is 270 g/mol. The zero-order valence-corrected chi connectivity index (χ0v) is 12.3. The van der Waals surface area contributed by atoms with Gasteiger partial charge in [-0.3, -0.25) is 9.59 Å². The third kappa shape index (κ3) is 6.57. The van der Waals surface area contributed by atoms with Crippen molar-refractivity contribution in [2.45, 2.75) is 46.1 Å². The standard InChI is InChI=1S/C14H26N2O3/c1-11(2)9-15-14(18)6-7-16(12(3)17)10-13-5-4-8-19-13/h11,13H,4-10H2,1-3H3,(H,15,18). The molecule has 0 bridgehead atoms. The fourth-order valence-corrected chi connectivity index (χ4v) is 2.05. The highest BCUT2D eigenvalue weighted by Gasteiger charge is 2.21. The molecule has 1 atom stereocenters. The van der Waals surface area contributed by atoms with Crippen molar-refractivity contribution in [3.8, 4) is 0 Å². The van der Waals surface area contributed by atoms with E-state index in [-0.39, 0.29) is 17.9 Å². The first kappa shape index (κ1) is 16.0. The molecule has 1 saturated heterocycles. The number of rotatable bonds is 7. The summed E-state index contributed by atoms with van der Waals surface area (Å²) in [5, 5.41) is 2.86. The Kier molecular flexibility index (Phi) is 6.84. The summed E-state index contributed by atoms with van der Waals surface area (Å²) in [4.78, 5) is 24.9. The molecule has 1 N–H and O–H groups in total. The van der Waals surface area contributed by atoms with E-state index in [4.69, 9.17) is 4.74 Å². The monoisotopic (exact) mass is 270 g/mol. The lowest BCUT2D eigenvalue weighted by atomic mass is 10.2. The van der Waals surface area contributed by atoms with Crippen LogP contribution in [0, 0.1) is 5.92 Å². The zero-order chi connectivity index (χ0) is 14.3. The van der Waals surface area contributed by atoms with E-state index >= 15 is 0 Å². The SMILES string of the molecule is CC(=O)N(CCC(=O)NCC(C)C)CC1CCCO1. The summed E-state index contributed by atoms with van der Waals surface area (Å²) in [5.41, 5.74) is 0. The second-order valence-corrected chi connectivity index (χ2v) is 5.55. The minimum Gasteiger partial charge on any atom is -0.376 e. The highest BCUT2D eigenvalue weighted by molar-refractivity contribution is 5.78. The Balaban J connectivity index is 2.28. The maximum Gasteiger partial charge on any atom is 0.221 e. The van der Waals surface area contributed by atoms with Crippen LogP contribution in [0.3, 0.4) is 0 Å². The van der Waals surface area contributed by atoms with Gasteiger partial charge in [0.1, 0.15) is 0 Å². The van der Waals surface area contributed by atoms with Crippen LogP contribution in [0.25, 0.3) is 0 Å². The van der Waals surface area contributed by atoms with E-state index in [1.807, 2.05) is 0 Å². The van der Waals surface area contributed by atoms with E-state index in [0.717, 1.165) is 19.4 Å². The van der Waals surface area contributed by atoms with Crippen molar-refractivity contribution < 1.29 is 14.3 Å². The van der Waals surface area contributed by atoms with Crippen LogP contribution in [0.4, 0.5) is 0 Å². The number of carbonyl (C=O) groups is 2. The molecule has 2 amide bonds. The average Bonchev–Trinajstić information content (AvgIpc) is 2.84. The summed E-state index contributed by atoms with van der Waals surface area (Å²) in [5.74, 6) is 0.458. The topological polar surface area (TPSA) is 58.6 Å². The number of hydrogen-bond acceptors (Lipinski definition) is 3. The molecule has 0 aromatic rings. The first-order valence-electron chi connectivity index (χ1n) is 7.13. The van der Waals surface area contributed by atoms with Gasteiger partial charge in [0, 0.05) is 39.6 Å². The summed E-state index contributed by atoms with van der Waals surface area (Å²) >= 11 is 0. The van der Waals surface area contributed by atoms with E-state index in [1.165, 1.54) is 0 Å². The van der Waals surface area contributed by atoms with Crippen LogP contribution < -0.4 is 5.32 Å². The largest absolute Gasteiger partial charge is 0.376 e. The van der Waals surface area contributed by atoms with Crippen LogP contribution in [-0.2, 0) is 14.3 Å². The number of nitrogens with one attached hydrogen (secondary N) is 1. The summed E-state index contributed by atoms with van der Waals surface area (Å²) in [6.45, 7) is 8.20. The Morgan fingerprint density at radius 2 is 2.16 bits per heavy atom. The van der Waals surface area contributed by atoms with E-state index < -0.39 is 0 Å². The van der Waals surface area contributed by atoms with E-state index in [9.17, 15) is 9.59 Å². The molecule has 0 aromatic carbocycles. The van der Waals surface area contributed by atoms with Crippen molar-refractivity contribution in [3.63, 3.8) is 0 Å². The molecule has 1 fully saturated rings. The Morgan fingerprint density at radius 1 is 1.42 bits per heavy atom. The third-order valence-electron chi connectivity index (χ3n) is 3.21.